The fourth-order valence-corrected chi connectivity index (χ4v) is 6.42. The normalized spacial score (nSPS) is 23.9. The topological polar surface area (TPSA) is 101 Å². The molecule has 1 aliphatic heterocycles. The highest BCUT2D eigenvalue weighted by molar-refractivity contribution is 5.87. The van der Waals surface area contributed by atoms with Gasteiger partial charge in [-0.2, -0.15) is 13.2 Å². The first-order chi connectivity index (χ1) is 19.4. The monoisotopic (exact) mass is 577 g/mol. The molecule has 2 aliphatic rings. The van der Waals surface area contributed by atoms with Gasteiger partial charge in [-0.1, -0.05) is 49.6 Å². The van der Waals surface area contributed by atoms with Crippen LogP contribution in [0.1, 0.15) is 68.7 Å². The first-order valence-corrected chi connectivity index (χ1v) is 13.9. The molecule has 2 heterocycles. The molecule has 1 saturated heterocycles. The number of carbonyl (C=O) groups is 2. The van der Waals surface area contributed by atoms with Gasteiger partial charge in [0.1, 0.15) is 6.04 Å². The molecule has 0 spiro atoms. The summed E-state index contributed by atoms with van der Waals surface area (Å²) in [5, 5.41) is 13.9. The Morgan fingerprint density at radius 1 is 1.10 bits per heavy atom. The Labute approximate surface area is 238 Å². The maximum Gasteiger partial charge on any atom is 0.417 e. The molecular formula is C30H38F3N3O5. The molecule has 4 rings (SSSR count). The Balaban J connectivity index is 1.83. The fourth-order valence-electron chi connectivity index (χ4n) is 6.42. The average Bonchev–Trinajstić information content (AvgIpc) is 3.32. The molecule has 1 aliphatic carbocycles. The number of rotatable bonds is 9. The molecule has 4 atom stereocenters. The van der Waals surface area contributed by atoms with Crippen LogP contribution in [-0.2, 0) is 27.0 Å². The van der Waals surface area contributed by atoms with Crippen LogP contribution in [0, 0.1) is 11.8 Å². The highest BCUT2D eigenvalue weighted by atomic mass is 19.4. The van der Waals surface area contributed by atoms with Gasteiger partial charge in [-0.3, -0.25) is 4.79 Å². The second kappa shape index (κ2) is 12.4. The van der Waals surface area contributed by atoms with Gasteiger partial charge < -0.3 is 24.8 Å². The van der Waals surface area contributed by atoms with Crippen molar-refractivity contribution in [1.29, 1.82) is 0 Å². The summed E-state index contributed by atoms with van der Waals surface area (Å²) in [4.78, 5) is 32.5. The van der Waals surface area contributed by atoms with Crippen LogP contribution in [0.5, 0.6) is 5.88 Å². The number of aliphatic carboxylic acids is 1. The lowest BCUT2D eigenvalue weighted by Crippen LogP contribution is -2.53. The predicted octanol–water partition coefficient (Wildman–Crippen LogP) is 5.23. The number of aromatic nitrogens is 1. The minimum Gasteiger partial charge on any atom is -0.481 e. The maximum atomic E-state index is 14.2. The summed E-state index contributed by atoms with van der Waals surface area (Å²) in [6.07, 6.45) is 0.312. The number of alkyl halides is 3. The number of pyridine rings is 1. The third-order valence-electron chi connectivity index (χ3n) is 8.57. The van der Waals surface area contributed by atoms with E-state index in [1.54, 1.807) is 13.8 Å². The smallest absolute Gasteiger partial charge is 0.417 e. The predicted molar refractivity (Wildman–Crippen MR) is 145 cm³/mol. The van der Waals surface area contributed by atoms with E-state index in [2.05, 4.69) is 10.3 Å². The Hall–Kier alpha value is -3.18. The second-order valence-corrected chi connectivity index (χ2v) is 11.3. The van der Waals surface area contributed by atoms with E-state index in [-0.39, 0.29) is 29.8 Å². The van der Waals surface area contributed by atoms with Gasteiger partial charge in [0.25, 0.3) is 0 Å². The minimum absolute atomic E-state index is 0.0206. The number of carboxylic acids is 1. The number of halogens is 3. The van der Waals surface area contributed by atoms with Crippen LogP contribution in [-0.4, -0.2) is 58.8 Å². The first kappa shape index (κ1) is 30.8. The first-order valence-electron chi connectivity index (χ1n) is 13.9. The van der Waals surface area contributed by atoms with E-state index in [1.165, 1.54) is 19.1 Å². The summed E-state index contributed by atoms with van der Waals surface area (Å²) in [5.74, 6) is -2.41. The van der Waals surface area contributed by atoms with Crippen molar-refractivity contribution >= 4 is 11.9 Å². The number of methoxy groups -OCH3 is 2. The number of carboxylic acid groups (broad SMARTS) is 1. The largest absolute Gasteiger partial charge is 0.481 e. The number of nitrogens with zero attached hydrogens (tertiary/aromatic N) is 2. The molecular weight excluding hydrogens is 539 g/mol. The summed E-state index contributed by atoms with van der Waals surface area (Å²) < 4.78 is 51.6. The van der Waals surface area contributed by atoms with Gasteiger partial charge in [-0.15, -0.1) is 0 Å². The van der Waals surface area contributed by atoms with Crippen LogP contribution >= 0.6 is 0 Å². The number of amides is 1. The number of nitrogens with one attached hydrogen (secondary N) is 1. The highest BCUT2D eigenvalue weighted by Crippen LogP contribution is 2.47. The number of carbonyl (C=O) groups excluding carboxylic acids is 1. The maximum absolute atomic E-state index is 14.2. The van der Waals surface area contributed by atoms with Gasteiger partial charge >= 0.3 is 12.1 Å². The molecule has 8 nitrogen and oxygen atoms in total. The van der Waals surface area contributed by atoms with Crippen LogP contribution in [0.15, 0.2) is 42.6 Å². The van der Waals surface area contributed by atoms with Crippen LogP contribution in [0.25, 0.3) is 0 Å². The van der Waals surface area contributed by atoms with Crippen molar-refractivity contribution in [2.45, 2.75) is 82.4 Å². The van der Waals surface area contributed by atoms with Crippen molar-refractivity contribution in [2.75, 3.05) is 14.2 Å². The number of ether oxygens (including phenoxy) is 2. The van der Waals surface area contributed by atoms with Crippen LogP contribution < -0.4 is 10.1 Å². The molecule has 4 unspecified atom stereocenters. The van der Waals surface area contributed by atoms with Crippen molar-refractivity contribution in [3.63, 3.8) is 0 Å². The Morgan fingerprint density at radius 3 is 2.32 bits per heavy atom. The zero-order valence-electron chi connectivity index (χ0n) is 23.8. The van der Waals surface area contributed by atoms with Crippen LogP contribution in [0.2, 0.25) is 0 Å². The third kappa shape index (κ3) is 6.35. The third-order valence-corrected chi connectivity index (χ3v) is 8.57. The Morgan fingerprint density at radius 2 is 1.76 bits per heavy atom. The highest BCUT2D eigenvalue weighted by Gasteiger charge is 2.60. The average molecular weight is 578 g/mol. The van der Waals surface area contributed by atoms with Gasteiger partial charge in [-0.05, 0) is 38.3 Å². The number of likely N-dealkylation sites (tertiary alicyclic amines) is 1. The zero-order chi connectivity index (χ0) is 29.9. The Bertz CT molecular complexity index is 1220. The molecule has 1 aromatic heterocycles. The molecule has 2 fully saturated rings. The van der Waals surface area contributed by atoms with Crippen molar-refractivity contribution in [2.24, 2.45) is 11.8 Å². The lowest BCUT2D eigenvalue weighted by Gasteiger charge is -2.37. The van der Waals surface area contributed by atoms with Gasteiger partial charge in [0, 0.05) is 43.3 Å². The van der Waals surface area contributed by atoms with E-state index in [1.807, 2.05) is 30.3 Å². The summed E-state index contributed by atoms with van der Waals surface area (Å²) in [6.45, 7) is 3.43. The summed E-state index contributed by atoms with van der Waals surface area (Å²) in [6, 6.07) is 7.49. The molecule has 0 radical (unpaired) electrons. The molecule has 11 heteroatoms. The number of benzene rings is 1. The molecule has 224 valence electrons. The van der Waals surface area contributed by atoms with E-state index < -0.39 is 47.4 Å². The summed E-state index contributed by atoms with van der Waals surface area (Å²) in [5.41, 5.74) is -1.06. The summed E-state index contributed by atoms with van der Waals surface area (Å²) >= 11 is 0. The minimum atomic E-state index is -4.61. The molecule has 1 aromatic carbocycles. The molecule has 41 heavy (non-hydrogen) atoms. The lowest BCUT2D eigenvalue weighted by atomic mass is 9.79. The number of hydrogen-bond acceptors (Lipinski definition) is 6. The van der Waals surface area contributed by atoms with Gasteiger partial charge in [0.15, 0.2) is 0 Å². The second-order valence-electron chi connectivity index (χ2n) is 11.3. The fraction of sp³-hybridized carbons (Fsp3) is 0.567. The summed E-state index contributed by atoms with van der Waals surface area (Å²) in [7, 11) is 2.81. The quantitative estimate of drug-likeness (QED) is 0.421. The van der Waals surface area contributed by atoms with Crippen molar-refractivity contribution in [3.8, 4) is 5.88 Å². The van der Waals surface area contributed by atoms with E-state index in [4.69, 9.17) is 9.47 Å². The number of hydrogen-bond donors (Lipinski definition) is 2. The SMILES string of the molecule is COc1ncc(C(F)(F)F)cc1CNC1C(c2ccccc2)N(C(=O)C2CCCCC2)C(C(=O)O)C1C(C)(C)OC. The molecule has 1 amide bonds. The van der Waals surface area contributed by atoms with Crippen LogP contribution in [0.4, 0.5) is 13.2 Å². The zero-order valence-corrected chi connectivity index (χ0v) is 23.8. The van der Waals surface area contributed by atoms with Crippen molar-refractivity contribution < 1.29 is 37.3 Å². The lowest BCUT2D eigenvalue weighted by molar-refractivity contribution is -0.156. The Kier molecular flexibility index (Phi) is 9.28. The van der Waals surface area contributed by atoms with Gasteiger partial charge in [-0.25, -0.2) is 9.78 Å². The van der Waals surface area contributed by atoms with E-state index >= 15 is 0 Å². The van der Waals surface area contributed by atoms with E-state index in [0.29, 0.717) is 19.0 Å². The van der Waals surface area contributed by atoms with E-state index in [9.17, 15) is 27.9 Å². The molecule has 1 saturated carbocycles. The van der Waals surface area contributed by atoms with Crippen molar-refractivity contribution in [3.05, 3.63) is 59.3 Å². The van der Waals surface area contributed by atoms with Gasteiger partial charge in [0.2, 0.25) is 11.8 Å². The molecule has 2 N–H and O–H groups in total. The standard InChI is InChI=1S/C30H38F3N3O5/c1-29(2,41-4)22-23(34-16-20-15-21(30(31,32)33)17-35-26(20)40-3)24(18-11-7-5-8-12-18)36(25(22)28(38)39)27(37)19-13-9-6-10-14-19/h5,7-8,11-12,15,17,19,22-25,34H,6,9-10,13-14,16H2,1-4H3,(H,38,39). The molecule has 2 aromatic rings. The van der Waals surface area contributed by atoms with Crippen LogP contribution in [0.3, 0.4) is 0 Å². The molecule has 0 bridgehead atoms. The van der Waals surface area contributed by atoms with E-state index in [0.717, 1.165) is 30.9 Å². The van der Waals surface area contributed by atoms with Gasteiger partial charge in [0.05, 0.1) is 24.3 Å². The van der Waals surface area contributed by atoms with Crippen molar-refractivity contribution in [1.82, 2.24) is 15.2 Å².